The van der Waals surface area contributed by atoms with Crippen LogP contribution in [0.1, 0.15) is 12.5 Å². The van der Waals surface area contributed by atoms with Crippen LogP contribution in [0.15, 0.2) is 21.6 Å². The largest absolute Gasteiger partial charge is 0.383 e. The van der Waals surface area contributed by atoms with E-state index in [1.807, 2.05) is 0 Å². The monoisotopic (exact) mass is 262 g/mol. The van der Waals surface area contributed by atoms with E-state index in [0.29, 0.717) is 12.1 Å². The molecule has 0 atom stereocenters. The second-order valence-corrected chi connectivity index (χ2v) is 3.38. The number of halogens is 3. The highest BCUT2D eigenvalue weighted by molar-refractivity contribution is 9.10. The molecule has 0 radical (unpaired) electrons. The molecule has 0 aliphatic carbocycles. The van der Waals surface area contributed by atoms with Crippen LogP contribution >= 0.6 is 15.9 Å². The summed E-state index contributed by atoms with van der Waals surface area (Å²) >= 11 is 2.93. The highest BCUT2D eigenvalue weighted by Crippen LogP contribution is 2.22. The van der Waals surface area contributed by atoms with Gasteiger partial charge in [-0.2, -0.15) is 0 Å². The van der Waals surface area contributed by atoms with Crippen molar-refractivity contribution >= 4 is 21.8 Å². The van der Waals surface area contributed by atoms with E-state index in [2.05, 4.69) is 20.9 Å². The number of nitrogens with zero attached hydrogens (tertiary/aromatic N) is 1. The molecule has 1 rings (SSSR count). The lowest BCUT2D eigenvalue weighted by atomic mass is 10.2. The van der Waals surface area contributed by atoms with Crippen LogP contribution in [-0.2, 0) is 0 Å². The van der Waals surface area contributed by atoms with Gasteiger partial charge in [-0.25, -0.2) is 8.78 Å². The van der Waals surface area contributed by atoms with Crippen molar-refractivity contribution in [3.8, 4) is 0 Å². The molecule has 0 aliphatic rings. The minimum atomic E-state index is -0.947. The SMILES string of the molecule is CCN=C(N)c1ccc(F)c(F)c1Br. The van der Waals surface area contributed by atoms with Crippen molar-refractivity contribution in [2.45, 2.75) is 6.92 Å². The molecule has 0 amide bonds. The van der Waals surface area contributed by atoms with Gasteiger partial charge in [0.05, 0.1) is 4.47 Å². The Labute approximate surface area is 89.0 Å². The summed E-state index contributed by atoms with van der Waals surface area (Å²) < 4.78 is 25.8. The number of nitrogens with two attached hydrogens (primary N) is 1. The second-order valence-electron chi connectivity index (χ2n) is 2.58. The molecule has 1 aromatic carbocycles. The molecule has 0 aromatic heterocycles. The predicted octanol–water partition coefficient (Wildman–Crippen LogP) is 2.45. The molecular formula is C9H9BrF2N2. The first kappa shape index (κ1) is 11.1. The van der Waals surface area contributed by atoms with Crippen molar-refractivity contribution in [2.75, 3.05) is 6.54 Å². The number of rotatable bonds is 2. The second kappa shape index (κ2) is 4.50. The minimum absolute atomic E-state index is 0.00667. The average molecular weight is 263 g/mol. The smallest absolute Gasteiger partial charge is 0.173 e. The van der Waals surface area contributed by atoms with Gasteiger partial charge in [-0.05, 0) is 35.0 Å². The Morgan fingerprint density at radius 2 is 2.14 bits per heavy atom. The molecule has 0 aliphatic heterocycles. The number of aliphatic imine (C=N–C) groups is 1. The topological polar surface area (TPSA) is 38.4 Å². The van der Waals surface area contributed by atoms with E-state index in [1.165, 1.54) is 6.07 Å². The zero-order chi connectivity index (χ0) is 10.7. The Hall–Kier alpha value is -0.970. The maximum atomic E-state index is 13.1. The quantitative estimate of drug-likeness (QED) is 0.496. The van der Waals surface area contributed by atoms with E-state index in [4.69, 9.17) is 5.73 Å². The predicted molar refractivity (Wildman–Crippen MR) is 55.3 cm³/mol. The summed E-state index contributed by atoms with van der Waals surface area (Å²) in [6.45, 7) is 2.30. The summed E-state index contributed by atoms with van der Waals surface area (Å²) in [5.41, 5.74) is 5.92. The van der Waals surface area contributed by atoms with Gasteiger partial charge in [0.2, 0.25) is 0 Å². The molecular weight excluding hydrogens is 254 g/mol. The van der Waals surface area contributed by atoms with Gasteiger partial charge in [0.25, 0.3) is 0 Å². The Morgan fingerprint density at radius 3 is 2.71 bits per heavy atom. The molecule has 0 saturated heterocycles. The lowest BCUT2D eigenvalue weighted by Gasteiger charge is -2.04. The summed E-state index contributed by atoms with van der Waals surface area (Å²) in [4.78, 5) is 3.90. The van der Waals surface area contributed by atoms with Gasteiger partial charge in [-0.15, -0.1) is 0 Å². The molecule has 14 heavy (non-hydrogen) atoms. The summed E-state index contributed by atoms with van der Waals surface area (Å²) in [6, 6.07) is 2.41. The first-order valence-electron chi connectivity index (χ1n) is 4.01. The van der Waals surface area contributed by atoms with Crippen LogP contribution in [0.25, 0.3) is 0 Å². The van der Waals surface area contributed by atoms with Crippen LogP contribution < -0.4 is 5.73 Å². The molecule has 0 heterocycles. The lowest BCUT2D eigenvalue weighted by molar-refractivity contribution is 0.504. The summed E-state index contributed by atoms with van der Waals surface area (Å²) in [7, 11) is 0. The molecule has 0 saturated carbocycles. The van der Waals surface area contributed by atoms with E-state index >= 15 is 0 Å². The van der Waals surface area contributed by atoms with Crippen LogP contribution in [0.3, 0.4) is 0 Å². The third-order valence-electron chi connectivity index (χ3n) is 1.64. The molecule has 0 spiro atoms. The Balaban J connectivity index is 3.24. The van der Waals surface area contributed by atoms with Gasteiger partial charge in [-0.1, -0.05) is 0 Å². The summed E-state index contributed by atoms with van der Waals surface area (Å²) in [5.74, 6) is -1.67. The van der Waals surface area contributed by atoms with Crippen LogP contribution in [-0.4, -0.2) is 12.4 Å². The van der Waals surface area contributed by atoms with Crippen molar-refractivity contribution in [1.29, 1.82) is 0 Å². The number of amidine groups is 1. The van der Waals surface area contributed by atoms with Gasteiger partial charge in [0.1, 0.15) is 5.84 Å². The maximum Gasteiger partial charge on any atom is 0.173 e. The normalized spacial score (nSPS) is 11.9. The average Bonchev–Trinajstić information content (AvgIpc) is 2.15. The highest BCUT2D eigenvalue weighted by atomic mass is 79.9. The van der Waals surface area contributed by atoms with E-state index in [0.717, 1.165) is 6.07 Å². The van der Waals surface area contributed by atoms with Gasteiger partial charge >= 0.3 is 0 Å². The van der Waals surface area contributed by atoms with E-state index in [-0.39, 0.29) is 10.3 Å². The zero-order valence-electron chi connectivity index (χ0n) is 7.52. The van der Waals surface area contributed by atoms with Crippen molar-refractivity contribution in [1.82, 2.24) is 0 Å². The van der Waals surface area contributed by atoms with Crippen LogP contribution in [0.5, 0.6) is 0 Å². The lowest BCUT2D eigenvalue weighted by Crippen LogP contribution is -2.15. The fraction of sp³-hybridized carbons (Fsp3) is 0.222. The van der Waals surface area contributed by atoms with E-state index < -0.39 is 11.6 Å². The van der Waals surface area contributed by atoms with Gasteiger partial charge < -0.3 is 5.73 Å². The number of hydrogen-bond donors (Lipinski definition) is 1. The van der Waals surface area contributed by atoms with Crippen molar-refractivity contribution in [3.63, 3.8) is 0 Å². The van der Waals surface area contributed by atoms with Crippen LogP contribution in [0, 0.1) is 11.6 Å². The molecule has 0 bridgehead atoms. The van der Waals surface area contributed by atoms with Crippen LogP contribution in [0.2, 0.25) is 0 Å². The molecule has 0 fully saturated rings. The molecule has 76 valence electrons. The van der Waals surface area contributed by atoms with Crippen molar-refractivity contribution in [2.24, 2.45) is 10.7 Å². The maximum absolute atomic E-state index is 13.1. The first-order chi connectivity index (χ1) is 6.57. The molecule has 5 heteroatoms. The van der Waals surface area contributed by atoms with E-state index in [9.17, 15) is 8.78 Å². The fourth-order valence-electron chi connectivity index (χ4n) is 0.979. The number of hydrogen-bond acceptors (Lipinski definition) is 1. The third kappa shape index (κ3) is 2.09. The Morgan fingerprint density at radius 1 is 1.50 bits per heavy atom. The van der Waals surface area contributed by atoms with Crippen molar-refractivity contribution in [3.05, 3.63) is 33.8 Å². The van der Waals surface area contributed by atoms with Crippen molar-refractivity contribution < 1.29 is 8.78 Å². The highest BCUT2D eigenvalue weighted by Gasteiger charge is 2.12. The Kier molecular flexibility index (Phi) is 3.57. The molecule has 1 aromatic rings. The van der Waals surface area contributed by atoms with Gasteiger partial charge in [-0.3, -0.25) is 4.99 Å². The van der Waals surface area contributed by atoms with Crippen LogP contribution in [0.4, 0.5) is 8.78 Å². The summed E-state index contributed by atoms with van der Waals surface area (Å²) in [6.07, 6.45) is 0. The molecule has 0 unspecified atom stereocenters. The first-order valence-corrected chi connectivity index (χ1v) is 4.81. The van der Waals surface area contributed by atoms with E-state index in [1.54, 1.807) is 6.92 Å². The van der Waals surface area contributed by atoms with Gasteiger partial charge in [0, 0.05) is 12.1 Å². The Bertz CT molecular complexity index is 377. The standard InChI is InChI=1S/C9H9BrF2N2/c1-2-14-9(13)5-3-4-6(11)8(12)7(5)10/h3-4H,2H2,1H3,(H2,13,14). The molecule has 2 nitrogen and oxygen atoms in total. The minimum Gasteiger partial charge on any atom is -0.383 e. The number of benzene rings is 1. The third-order valence-corrected chi connectivity index (χ3v) is 2.41. The van der Waals surface area contributed by atoms with Gasteiger partial charge in [0.15, 0.2) is 11.6 Å². The molecule has 2 N–H and O–H groups in total. The zero-order valence-corrected chi connectivity index (χ0v) is 9.11. The fourth-order valence-corrected chi connectivity index (χ4v) is 1.50. The summed E-state index contributed by atoms with van der Waals surface area (Å²) in [5, 5.41) is 0.